The third-order valence-corrected chi connectivity index (χ3v) is 6.85. The van der Waals surface area contributed by atoms with E-state index in [-0.39, 0.29) is 35.8 Å². The molecule has 1 heterocycles. The van der Waals surface area contributed by atoms with Crippen LogP contribution in [0.2, 0.25) is 0 Å². The van der Waals surface area contributed by atoms with E-state index in [2.05, 4.69) is 21.5 Å². The molecule has 0 bridgehead atoms. The third kappa shape index (κ3) is 3.27. The highest BCUT2D eigenvalue weighted by Crippen LogP contribution is 2.39. The third-order valence-electron chi connectivity index (χ3n) is 5.02. The van der Waals surface area contributed by atoms with Gasteiger partial charge in [0.1, 0.15) is 0 Å². The molecule has 9 heteroatoms. The van der Waals surface area contributed by atoms with Gasteiger partial charge in [-0.2, -0.15) is 4.98 Å². The summed E-state index contributed by atoms with van der Waals surface area (Å²) in [5.41, 5.74) is 6.48. The average Bonchev–Trinajstić information content (AvgIpc) is 3.37. The second-order valence-electron chi connectivity index (χ2n) is 6.65. The number of hydrogen-bond donors (Lipinski definition) is 2. The van der Waals surface area contributed by atoms with Crippen LogP contribution in [0.5, 0.6) is 0 Å². The Hall–Kier alpha value is -1.45. The summed E-state index contributed by atoms with van der Waals surface area (Å²) < 4.78 is 26.5. The zero-order valence-corrected chi connectivity index (χ0v) is 16.0. The fourth-order valence-corrected chi connectivity index (χ4v) is 5.41. The molecule has 140 valence electrons. The Bertz CT molecular complexity index is 824. The van der Waals surface area contributed by atoms with E-state index in [0.717, 1.165) is 48.3 Å². The highest BCUT2D eigenvalue weighted by atomic mass is 32.2. The first-order valence-corrected chi connectivity index (χ1v) is 10.9. The summed E-state index contributed by atoms with van der Waals surface area (Å²) in [5, 5.41) is 16.4. The first-order valence-electron chi connectivity index (χ1n) is 8.90. The summed E-state index contributed by atoms with van der Waals surface area (Å²) in [4.78, 5) is 4.28. The van der Waals surface area contributed by atoms with E-state index in [1.54, 1.807) is 0 Å². The van der Waals surface area contributed by atoms with Crippen molar-refractivity contribution in [3.8, 4) is 0 Å². The lowest BCUT2D eigenvalue weighted by molar-refractivity contribution is 0.296. The maximum Gasteiger partial charge on any atom is 0.248 e. The van der Waals surface area contributed by atoms with Crippen LogP contribution < -0.4 is 5.32 Å². The van der Waals surface area contributed by atoms with E-state index in [1.165, 1.54) is 22.3 Å². The van der Waals surface area contributed by atoms with Gasteiger partial charge in [-0.05, 0) is 67.2 Å². The van der Waals surface area contributed by atoms with E-state index < -0.39 is 10.8 Å². The van der Waals surface area contributed by atoms with Gasteiger partial charge in [0.2, 0.25) is 11.1 Å². The van der Waals surface area contributed by atoms with Gasteiger partial charge >= 0.3 is 0 Å². The van der Waals surface area contributed by atoms with Crippen LogP contribution in [-0.4, -0.2) is 35.8 Å². The number of aliphatic hydroxyl groups is 1. The summed E-state index contributed by atoms with van der Waals surface area (Å²) in [7, 11) is -1.50. The summed E-state index contributed by atoms with van der Waals surface area (Å²) in [6.45, 7) is -0.0595. The van der Waals surface area contributed by atoms with E-state index >= 15 is 0 Å². The van der Waals surface area contributed by atoms with E-state index in [4.69, 9.17) is 5.11 Å². The highest BCUT2D eigenvalue weighted by molar-refractivity contribution is 7.93. The molecule has 4 rings (SSSR count). The summed E-state index contributed by atoms with van der Waals surface area (Å²) in [5.74, 6) is 0.502. The molecular weight excluding hydrogens is 375 g/mol. The molecule has 2 aliphatic carbocycles. The largest absolute Gasteiger partial charge is 0.396 e. The minimum atomic E-state index is -1.50. The lowest BCUT2D eigenvalue weighted by Crippen LogP contribution is -2.05. The van der Waals surface area contributed by atoms with Crippen molar-refractivity contribution >= 4 is 34.8 Å². The normalized spacial score (nSPS) is 16.5. The summed E-state index contributed by atoms with van der Waals surface area (Å²) in [6, 6.07) is 2.34. The van der Waals surface area contributed by atoms with Crippen LogP contribution in [-0.2, 0) is 36.5 Å². The van der Waals surface area contributed by atoms with Crippen molar-refractivity contribution in [1.82, 2.24) is 14.2 Å². The van der Waals surface area contributed by atoms with Crippen molar-refractivity contribution in [1.29, 1.82) is 0 Å². The molecule has 6 nitrogen and oxygen atoms in total. The van der Waals surface area contributed by atoms with Gasteiger partial charge < -0.3 is 10.4 Å². The molecule has 2 N–H and O–H groups in total. The van der Waals surface area contributed by atoms with Crippen LogP contribution in [0.25, 0.3) is 0 Å². The zero-order valence-electron chi connectivity index (χ0n) is 14.3. The number of aliphatic hydroxyl groups excluding tert-OH is 1. The maximum atomic E-state index is 13.2. The number of nitrogens with one attached hydrogen (secondary N) is 1. The Kier molecular flexibility index (Phi) is 5.28. The van der Waals surface area contributed by atoms with Crippen LogP contribution in [0, 0.1) is 0 Å². The molecule has 2 aliphatic rings. The molecule has 0 aliphatic heterocycles. The van der Waals surface area contributed by atoms with Crippen molar-refractivity contribution in [3.05, 3.63) is 28.3 Å². The molecule has 26 heavy (non-hydrogen) atoms. The van der Waals surface area contributed by atoms with Crippen molar-refractivity contribution in [2.75, 3.05) is 17.7 Å². The first-order chi connectivity index (χ1) is 12.7. The van der Waals surface area contributed by atoms with Crippen LogP contribution >= 0.6 is 12.3 Å². The Morgan fingerprint density at radius 1 is 1.23 bits per heavy atom. The molecule has 1 aromatic heterocycles. The maximum absolute atomic E-state index is 13.2. The molecule has 0 radical (unpaired) electrons. The topological polar surface area (TPSA) is 80.0 Å². The van der Waals surface area contributed by atoms with Crippen molar-refractivity contribution < 1.29 is 13.2 Å². The minimum Gasteiger partial charge on any atom is -0.396 e. The molecule has 0 fully saturated rings. The first kappa shape index (κ1) is 17.9. The van der Waals surface area contributed by atoms with Gasteiger partial charge in [-0.15, -0.1) is 13.1 Å². The number of nitrogens with zero attached hydrogens (tertiary/aromatic N) is 3. The Labute approximate surface area is 158 Å². The van der Waals surface area contributed by atoms with Crippen LogP contribution in [0.15, 0.2) is 11.2 Å². The second-order valence-corrected chi connectivity index (χ2v) is 8.59. The number of aryl methyl sites for hydroxylation is 2. The van der Waals surface area contributed by atoms with E-state index in [1.807, 2.05) is 0 Å². The van der Waals surface area contributed by atoms with Gasteiger partial charge in [-0.25, -0.2) is 0 Å². The Morgan fingerprint density at radius 2 is 1.92 bits per heavy atom. The second kappa shape index (κ2) is 7.66. The van der Waals surface area contributed by atoms with Gasteiger partial charge in [0.25, 0.3) is 0 Å². The van der Waals surface area contributed by atoms with Crippen LogP contribution in [0.1, 0.15) is 41.5 Å². The number of halogens is 1. The van der Waals surface area contributed by atoms with Crippen molar-refractivity contribution in [2.45, 2.75) is 50.1 Å². The van der Waals surface area contributed by atoms with Gasteiger partial charge in [-0.1, -0.05) is 6.07 Å². The summed E-state index contributed by atoms with van der Waals surface area (Å²) >= 11 is -0.113. The smallest absolute Gasteiger partial charge is 0.248 e. The van der Waals surface area contributed by atoms with Gasteiger partial charge in [-0.3, -0.25) is 4.21 Å². The zero-order chi connectivity index (χ0) is 18.1. The van der Waals surface area contributed by atoms with Gasteiger partial charge in [0, 0.05) is 18.0 Å². The number of fused-ring (bicyclic) bond motifs is 2. The quantitative estimate of drug-likeness (QED) is 0.749. The lowest BCUT2D eigenvalue weighted by Gasteiger charge is -2.15. The van der Waals surface area contributed by atoms with Crippen LogP contribution in [0.4, 0.5) is 15.5 Å². The average molecular weight is 397 g/mol. The molecule has 1 aromatic carbocycles. The molecule has 0 spiro atoms. The lowest BCUT2D eigenvalue weighted by atomic mass is 9.99. The Balaban J connectivity index is 1.67. The summed E-state index contributed by atoms with van der Waals surface area (Å²) in [6.07, 6.45) is 6.90. The van der Waals surface area contributed by atoms with Crippen molar-refractivity contribution in [3.63, 3.8) is 0 Å². The monoisotopic (exact) mass is 396 g/mol. The van der Waals surface area contributed by atoms with Crippen molar-refractivity contribution in [2.24, 2.45) is 0 Å². The number of benzene rings is 1. The molecule has 0 saturated heterocycles. The molecule has 2 aromatic rings. The number of anilines is 2. The van der Waals surface area contributed by atoms with E-state index in [9.17, 15) is 8.09 Å². The Morgan fingerprint density at radius 3 is 2.54 bits per heavy atom. The number of rotatable bonds is 7. The standard InChI is InChI=1S/C17H21FN4O2S2/c18-25-22-17(26(24)9-3-8-23)20-16(21-22)19-15-13-6-1-4-11(13)10-12-5-2-7-14(12)15/h10,23H,1-9H2,(H,19,21). The predicted molar refractivity (Wildman–Crippen MR) is 101 cm³/mol. The SMILES string of the molecule is O=S(CCCO)c1nc(Nc2c3c(cc4c2CCC4)CCC3)nn1SF. The highest BCUT2D eigenvalue weighted by Gasteiger charge is 2.25. The molecular formula is C17H21FN4O2S2. The predicted octanol–water partition coefficient (Wildman–Crippen LogP) is 2.87. The molecule has 0 amide bonds. The van der Waals surface area contributed by atoms with Gasteiger partial charge in [0.05, 0.1) is 10.8 Å². The van der Waals surface area contributed by atoms with Crippen LogP contribution in [0.3, 0.4) is 0 Å². The molecule has 1 unspecified atom stereocenters. The fourth-order valence-electron chi connectivity index (χ4n) is 3.89. The number of aromatic nitrogens is 3. The molecule has 1 atom stereocenters. The molecule has 0 saturated carbocycles. The fraction of sp³-hybridized carbons (Fsp3) is 0.529. The van der Waals surface area contributed by atoms with E-state index in [0.29, 0.717) is 6.42 Å². The number of hydrogen-bond acceptors (Lipinski definition) is 6. The van der Waals surface area contributed by atoms with Gasteiger partial charge in [0.15, 0.2) is 12.3 Å². The minimum absolute atomic E-state index is 0.0595.